The fourth-order valence-electron chi connectivity index (χ4n) is 2.94. The number of carbonyl (C=O) groups excluding carboxylic acids is 1. The quantitative estimate of drug-likeness (QED) is 0.875. The van der Waals surface area contributed by atoms with Crippen molar-refractivity contribution in [1.82, 2.24) is 25.5 Å². The summed E-state index contributed by atoms with van der Waals surface area (Å²) in [6, 6.07) is 7.60. The molecule has 1 aromatic heterocycles. The molecule has 0 spiro atoms. The summed E-state index contributed by atoms with van der Waals surface area (Å²) >= 11 is 0. The second-order valence-electron chi connectivity index (χ2n) is 5.99. The topological polar surface area (TPSA) is 84.7 Å². The van der Waals surface area contributed by atoms with Gasteiger partial charge in [0, 0.05) is 24.7 Å². The molecule has 0 aliphatic carbocycles. The number of hydrogen-bond donors (Lipinski definition) is 2. The van der Waals surface area contributed by atoms with Crippen LogP contribution < -0.4 is 10.6 Å². The van der Waals surface area contributed by atoms with Gasteiger partial charge in [-0.3, -0.25) is 4.79 Å². The van der Waals surface area contributed by atoms with Crippen molar-refractivity contribution in [2.24, 2.45) is 13.0 Å². The average molecular weight is 314 g/mol. The van der Waals surface area contributed by atoms with Crippen LogP contribution in [0.5, 0.6) is 0 Å². The molecular formula is C16H22N6O. The zero-order valence-corrected chi connectivity index (χ0v) is 13.3. The Morgan fingerprint density at radius 1 is 1.39 bits per heavy atom. The average Bonchev–Trinajstić information content (AvgIpc) is 3.00. The molecule has 0 unspecified atom stereocenters. The Labute approximate surface area is 135 Å². The maximum Gasteiger partial charge on any atom is 0.224 e. The number of hydrogen-bond acceptors (Lipinski definition) is 5. The highest BCUT2D eigenvalue weighted by Crippen LogP contribution is 2.21. The Morgan fingerprint density at radius 3 is 2.96 bits per heavy atom. The summed E-state index contributed by atoms with van der Waals surface area (Å²) in [6.45, 7) is 2.14. The minimum absolute atomic E-state index is 0.0665. The number of nitrogens with zero attached hydrogens (tertiary/aromatic N) is 4. The Bertz CT molecular complexity index is 662. The molecular weight excluding hydrogens is 292 g/mol. The summed E-state index contributed by atoms with van der Waals surface area (Å²) < 4.78 is 1.61. The second kappa shape index (κ2) is 7.32. The van der Waals surface area contributed by atoms with Crippen molar-refractivity contribution in [1.29, 1.82) is 0 Å². The van der Waals surface area contributed by atoms with Crippen LogP contribution in [0.1, 0.15) is 25.7 Å². The van der Waals surface area contributed by atoms with E-state index in [1.54, 1.807) is 11.7 Å². The normalized spacial score (nSPS) is 15.5. The Kier molecular flexibility index (Phi) is 4.97. The molecule has 1 saturated heterocycles. The third-order valence-corrected chi connectivity index (χ3v) is 4.26. The summed E-state index contributed by atoms with van der Waals surface area (Å²) in [5.41, 5.74) is 1.66. The molecule has 7 nitrogen and oxygen atoms in total. The molecule has 3 rings (SSSR count). The van der Waals surface area contributed by atoms with E-state index in [0.717, 1.165) is 30.8 Å². The van der Waals surface area contributed by atoms with Crippen LogP contribution in [-0.2, 0) is 11.8 Å². The highest BCUT2D eigenvalue weighted by atomic mass is 16.1. The summed E-state index contributed by atoms with van der Waals surface area (Å²) in [6.07, 6.45) is 3.87. The molecule has 1 aliphatic rings. The van der Waals surface area contributed by atoms with Gasteiger partial charge in [-0.2, -0.15) is 0 Å². The van der Waals surface area contributed by atoms with Crippen LogP contribution in [-0.4, -0.2) is 39.2 Å². The van der Waals surface area contributed by atoms with Gasteiger partial charge >= 0.3 is 0 Å². The molecule has 1 fully saturated rings. The second-order valence-corrected chi connectivity index (χ2v) is 5.99. The molecule has 7 heteroatoms. The summed E-state index contributed by atoms with van der Waals surface area (Å²) in [7, 11) is 1.79. The molecule has 0 radical (unpaired) electrons. The molecule has 1 amide bonds. The number of tetrazole rings is 1. The van der Waals surface area contributed by atoms with Crippen molar-refractivity contribution in [3.05, 3.63) is 24.3 Å². The first-order valence-corrected chi connectivity index (χ1v) is 8.06. The van der Waals surface area contributed by atoms with E-state index in [0.29, 0.717) is 18.2 Å². The van der Waals surface area contributed by atoms with E-state index in [4.69, 9.17) is 0 Å². The lowest BCUT2D eigenvalue weighted by molar-refractivity contribution is -0.116. The Hall–Kier alpha value is -2.28. The number of amides is 1. The molecule has 2 aromatic rings. The summed E-state index contributed by atoms with van der Waals surface area (Å²) in [5.74, 6) is 1.41. The van der Waals surface area contributed by atoms with Crippen LogP contribution in [0.25, 0.3) is 11.4 Å². The Morgan fingerprint density at radius 2 is 2.22 bits per heavy atom. The number of carbonyl (C=O) groups is 1. The first-order chi connectivity index (χ1) is 11.2. The molecule has 2 N–H and O–H groups in total. The number of rotatable bonds is 5. The van der Waals surface area contributed by atoms with Crippen LogP contribution >= 0.6 is 0 Å². The first kappa shape index (κ1) is 15.6. The predicted octanol–water partition coefficient (Wildman–Crippen LogP) is 1.60. The van der Waals surface area contributed by atoms with Crippen LogP contribution in [0.15, 0.2) is 24.3 Å². The van der Waals surface area contributed by atoms with Gasteiger partial charge in [0.15, 0.2) is 5.82 Å². The predicted molar refractivity (Wildman–Crippen MR) is 87.7 cm³/mol. The minimum atomic E-state index is 0.0665. The van der Waals surface area contributed by atoms with Gasteiger partial charge in [-0.15, -0.1) is 5.10 Å². The lowest BCUT2D eigenvalue weighted by atomic mass is 9.93. The monoisotopic (exact) mass is 314 g/mol. The third kappa shape index (κ3) is 4.13. The van der Waals surface area contributed by atoms with Crippen molar-refractivity contribution in [3.8, 4) is 11.4 Å². The third-order valence-electron chi connectivity index (χ3n) is 4.26. The molecule has 2 heterocycles. The van der Waals surface area contributed by atoms with Gasteiger partial charge in [0.05, 0.1) is 0 Å². The zero-order valence-electron chi connectivity index (χ0n) is 13.3. The molecule has 23 heavy (non-hydrogen) atoms. The number of piperidine rings is 1. The van der Waals surface area contributed by atoms with Gasteiger partial charge in [0.1, 0.15) is 0 Å². The SMILES string of the molecule is Cn1nnnc1-c1cccc(NC(=O)CCC2CCNCC2)c1. The van der Waals surface area contributed by atoms with E-state index in [1.165, 1.54) is 12.8 Å². The van der Waals surface area contributed by atoms with Crippen molar-refractivity contribution in [2.75, 3.05) is 18.4 Å². The van der Waals surface area contributed by atoms with Crippen LogP contribution in [0.3, 0.4) is 0 Å². The number of anilines is 1. The van der Waals surface area contributed by atoms with Crippen molar-refractivity contribution in [3.63, 3.8) is 0 Å². The van der Waals surface area contributed by atoms with Crippen molar-refractivity contribution >= 4 is 11.6 Å². The smallest absolute Gasteiger partial charge is 0.224 e. The zero-order chi connectivity index (χ0) is 16.1. The Balaban J connectivity index is 1.57. The lowest BCUT2D eigenvalue weighted by Crippen LogP contribution is -2.28. The van der Waals surface area contributed by atoms with E-state index < -0.39 is 0 Å². The molecule has 1 aliphatic heterocycles. The van der Waals surface area contributed by atoms with Gasteiger partial charge < -0.3 is 10.6 Å². The van der Waals surface area contributed by atoms with Crippen LogP contribution in [0.2, 0.25) is 0 Å². The standard InChI is InChI=1S/C16H22N6O/c1-22-16(19-20-21-22)13-3-2-4-14(11-13)18-15(23)6-5-12-7-9-17-10-8-12/h2-4,11-12,17H,5-10H2,1H3,(H,18,23). The lowest BCUT2D eigenvalue weighted by Gasteiger charge is -2.22. The molecule has 1 aromatic carbocycles. The van der Waals surface area contributed by atoms with E-state index in [1.807, 2.05) is 24.3 Å². The van der Waals surface area contributed by atoms with Crippen LogP contribution in [0.4, 0.5) is 5.69 Å². The van der Waals surface area contributed by atoms with E-state index >= 15 is 0 Å². The van der Waals surface area contributed by atoms with E-state index in [-0.39, 0.29) is 5.91 Å². The number of aryl methyl sites for hydroxylation is 1. The van der Waals surface area contributed by atoms with Gasteiger partial charge in [-0.25, -0.2) is 4.68 Å². The van der Waals surface area contributed by atoms with Gasteiger partial charge in [-0.1, -0.05) is 12.1 Å². The van der Waals surface area contributed by atoms with Gasteiger partial charge in [0.2, 0.25) is 5.91 Å². The highest BCUT2D eigenvalue weighted by molar-refractivity contribution is 5.91. The maximum absolute atomic E-state index is 12.1. The first-order valence-electron chi connectivity index (χ1n) is 8.06. The fourth-order valence-corrected chi connectivity index (χ4v) is 2.94. The summed E-state index contributed by atoms with van der Waals surface area (Å²) in [5, 5.41) is 17.8. The van der Waals surface area contributed by atoms with Crippen LogP contribution in [0, 0.1) is 5.92 Å². The van der Waals surface area contributed by atoms with E-state index in [9.17, 15) is 4.79 Å². The number of benzene rings is 1. The molecule has 0 atom stereocenters. The van der Waals surface area contributed by atoms with Crippen molar-refractivity contribution < 1.29 is 4.79 Å². The van der Waals surface area contributed by atoms with E-state index in [2.05, 4.69) is 26.2 Å². The maximum atomic E-state index is 12.1. The van der Waals surface area contributed by atoms with Crippen molar-refractivity contribution in [2.45, 2.75) is 25.7 Å². The number of nitrogens with one attached hydrogen (secondary N) is 2. The van der Waals surface area contributed by atoms with Gasteiger partial charge in [-0.05, 0) is 60.8 Å². The highest BCUT2D eigenvalue weighted by Gasteiger charge is 2.15. The minimum Gasteiger partial charge on any atom is -0.326 e. The van der Waals surface area contributed by atoms with Gasteiger partial charge in [0.25, 0.3) is 0 Å². The molecule has 122 valence electrons. The molecule has 0 saturated carbocycles. The molecule has 0 bridgehead atoms. The fraction of sp³-hybridized carbons (Fsp3) is 0.500. The largest absolute Gasteiger partial charge is 0.326 e. The number of aromatic nitrogens is 4. The summed E-state index contributed by atoms with van der Waals surface area (Å²) in [4.78, 5) is 12.1.